The second-order valence-electron chi connectivity index (χ2n) is 3.01. The van der Waals surface area contributed by atoms with Crippen LogP contribution in [-0.4, -0.2) is 36.7 Å². The Balaban J connectivity index is 4.10. The summed E-state index contributed by atoms with van der Waals surface area (Å²) in [6.45, 7) is 3.37. The van der Waals surface area contributed by atoms with E-state index < -0.39 is 12.0 Å². The van der Waals surface area contributed by atoms with Gasteiger partial charge in [0.15, 0.2) is 6.04 Å². The number of nitrogens with one attached hydrogen (secondary N) is 1. The quantitative estimate of drug-likeness (QED) is 0.631. The molecule has 1 unspecified atom stereocenters. The molecule has 2 N–H and O–H groups in total. The number of carboxylic acids is 1. The van der Waals surface area contributed by atoms with Crippen LogP contribution in [0.2, 0.25) is 0 Å². The normalized spacial score (nSPS) is 12.6. The standard InChI is InChI=1S/C8H15NO4/c1-5(2)7(10)9-6(4-13-3)8(11)12/h5-6H,4H2,1-3H3,(H,9,10)(H,11,12). The van der Waals surface area contributed by atoms with Crippen molar-refractivity contribution in [2.45, 2.75) is 19.9 Å². The van der Waals surface area contributed by atoms with E-state index in [2.05, 4.69) is 10.1 Å². The average Bonchev–Trinajstić information content (AvgIpc) is 2.03. The number of hydrogen-bond acceptors (Lipinski definition) is 3. The van der Waals surface area contributed by atoms with E-state index >= 15 is 0 Å². The first kappa shape index (κ1) is 11.9. The van der Waals surface area contributed by atoms with Gasteiger partial charge in [0, 0.05) is 13.0 Å². The monoisotopic (exact) mass is 189 g/mol. The minimum absolute atomic E-state index is 0.0200. The van der Waals surface area contributed by atoms with Crippen LogP contribution in [0.15, 0.2) is 0 Å². The summed E-state index contributed by atoms with van der Waals surface area (Å²) in [7, 11) is 1.39. The number of amides is 1. The first-order chi connectivity index (χ1) is 5.99. The minimum atomic E-state index is -1.09. The lowest BCUT2D eigenvalue weighted by molar-refractivity contribution is -0.143. The smallest absolute Gasteiger partial charge is 0.328 e. The molecule has 0 aliphatic carbocycles. The molecule has 0 saturated heterocycles. The highest BCUT2D eigenvalue weighted by molar-refractivity contribution is 5.84. The molecule has 0 aliphatic rings. The molecule has 1 amide bonds. The molecule has 0 aromatic carbocycles. The van der Waals surface area contributed by atoms with Gasteiger partial charge in [-0.2, -0.15) is 0 Å². The van der Waals surface area contributed by atoms with Gasteiger partial charge in [0.2, 0.25) is 5.91 Å². The number of carbonyl (C=O) groups excluding carboxylic acids is 1. The largest absolute Gasteiger partial charge is 0.480 e. The predicted octanol–water partition coefficient (Wildman–Crippen LogP) is -0.142. The van der Waals surface area contributed by atoms with Gasteiger partial charge in [-0.1, -0.05) is 13.8 Å². The summed E-state index contributed by atoms with van der Waals surface area (Å²) in [6, 6.07) is -0.958. The summed E-state index contributed by atoms with van der Waals surface area (Å²) < 4.78 is 4.65. The first-order valence-electron chi connectivity index (χ1n) is 4.01. The van der Waals surface area contributed by atoms with Gasteiger partial charge >= 0.3 is 5.97 Å². The first-order valence-corrected chi connectivity index (χ1v) is 4.01. The summed E-state index contributed by atoms with van der Waals surface area (Å²) in [5, 5.41) is 11.0. The summed E-state index contributed by atoms with van der Waals surface area (Å²) in [6.07, 6.45) is 0. The Hall–Kier alpha value is -1.10. The van der Waals surface area contributed by atoms with Crippen molar-refractivity contribution in [3.8, 4) is 0 Å². The molecule has 0 fully saturated rings. The topological polar surface area (TPSA) is 75.6 Å². The van der Waals surface area contributed by atoms with Crippen molar-refractivity contribution in [3.05, 3.63) is 0 Å². The maximum atomic E-state index is 11.1. The van der Waals surface area contributed by atoms with Crippen molar-refractivity contribution in [1.29, 1.82) is 0 Å². The van der Waals surface area contributed by atoms with Crippen LogP contribution in [0.25, 0.3) is 0 Å². The van der Waals surface area contributed by atoms with Gasteiger partial charge in [0.05, 0.1) is 6.61 Å². The third-order valence-electron chi connectivity index (χ3n) is 1.47. The fourth-order valence-electron chi connectivity index (χ4n) is 0.680. The van der Waals surface area contributed by atoms with E-state index in [4.69, 9.17) is 5.11 Å². The zero-order valence-corrected chi connectivity index (χ0v) is 8.03. The Morgan fingerprint density at radius 3 is 2.31 bits per heavy atom. The molecule has 0 rings (SSSR count). The minimum Gasteiger partial charge on any atom is -0.480 e. The molecule has 0 aliphatic heterocycles. The molecule has 13 heavy (non-hydrogen) atoms. The molecule has 0 aromatic rings. The fraction of sp³-hybridized carbons (Fsp3) is 0.750. The third-order valence-corrected chi connectivity index (χ3v) is 1.47. The highest BCUT2D eigenvalue weighted by Gasteiger charge is 2.20. The predicted molar refractivity (Wildman–Crippen MR) is 46.3 cm³/mol. The fourth-order valence-corrected chi connectivity index (χ4v) is 0.680. The lowest BCUT2D eigenvalue weighted by Crippen LogP contribution is -2.45. The van der Waals surface area contributed by atoms with Gasteiger partial charge in [0.1, 0.15) is 0 Å². The van der Waals surface area contributed by atoms with E-state index in [1.165, 1.54) is 7.11 Å². The molecular weight excluding hydrogens is 174 g/mol. The Morgan fingerprint density at radius 2 is 2.00 bits per heavy atom. The highest BCUT2D eigenvalue weighted by Crippen LogP contribution is 1.93. The van der Waals surface area contributed by atoms with Crippen molar-refractivity contribution in [1.82, 2.24) is 5.32 Å². The van der Waals surface area contributed by atoms with Crippen molar-refractivity contribution >= 4 is 11.9 Å². The van der Waals surface area contributed by atoms with Crippen molar-refractivity contribution in [2.24, 2.45) is 5.92 Å². The number of methoxy groups -OCH3 is 1. The van der Waals surface area contributed by atoms with Crippen molar-refractivity contribution in [3.63, 3.8) is 0 Å². The van der Waals surface area contributed by atoms with Crippen molar-refractivity contribution < 1.29 is 19.4 Å². The van der Waals surface area contributed by atoms with Gasteiger partial charge < -0.3 is 15.2 Å². The van der Waals surface area contributed by atoms with Crippen LogP contribution in [-0.2, 0) is 14.3 Å². The number of hydrogen-bond donors (Lipinski definition) is 2. The molecule has 0 heterocycles. The van der Waals surface area contributed by atoms with E-state index in [9.17, 15) is 9.59 Å². The Labute approximate surface area is 77.1 Å². The number of ether oxygens (including phenoxy) is 1. The van der Waals surface area contributed by atoms with Crippen LogP contribution in [0.3, 0.4) is 0 Å². The van der Waals surface area contributed by atoms with Crippen LogP contribution in [0.1, 0.15) is 13.8 Å². The number of carboxylic acid groups (broad SMARTS) is 1. The van der Waals surface area contributed by atoms with E-state index in [1.807, 2.05) is 0 Å². The van der Waals surface area contributed by atoms with Gasteiger partial charge in [-0.15, -0.1) is 0 Å². The molecule has 0 spiro atoms. The second kappa shape index (κ2) is 5.53. The van der Waals surface area contributed by atoms with Crippen LogP contribution < -0.4 is 5.32 Å². The van der Waals surface area contributed by atoms with E-state index in [-0.39, 0.29) is 18.4 Å². The Bertz CT molecular complexity index is 191. The third kappa shape index (κ3) is 4.47. The number of rotatable bonds is 5. The van der Waals surface area contributed by atoms with Gasteiger partial charge in [-0.3, -0.25) is 4.79 Å². The molecule has 0 aromatic heterocycles. The molecule has 0 bridgehead atoms. The highest BCUT2D eigenvalue weighted by atomic mass is 16.5. The maximum Gasteiger partial charge on any atom is 0.328 e. The van der Waals surface area contributed by atoms with Crippen LogP contribution in [0, 0.1) is 5.92 Å². The molecular formula is C8H15NO4. The summed E-state index contributed by atoms with van der Waals surface area (Å²) in [5.41, 5.74) is 0. The summed E-state index contributed by atoms with van der Waals surface area (Å²) in [5.74, 6) is -1.60. The Morgan fingerprint density at radius 1 is 1.46 bits per heavy atom. The lowest BCUT2D eigenvalue weighted by Gasteiger charge is -2.14. The summed E-state index contributed by atoms with van der Waals surface area (Å²) >= 11 is 0. The van der Waals surface area contributed by atoms with Crippen LogP contribution >= 0.6 is 0 Å². The van der Waals surface area contributed by atoms with Gasteiger partial charge in [-0.25, -0.2) is 4.79 Å². The average molecular weight is 189 g/mol. The molecule has 1 atom stereocenters. The van der Waals surface area contributed by atoms with Gasteiger partial charge in [0.25, 0.3) is 0 Å². The number of carbonyl (C=O) groups is 2. The van der Waals surface area contributed by atoms with Gasteiger partial charge in [-0.05, 0) is 0 Å². The molecule has 0 saturated carbocycles. The molecule has 0 radical (unpaired) electrons. The second-order valence-corrected chi connectivity index (χ2v) is 3.01. The maximum absolute atomic E-state index is 11.1. The Kier molecular flexibility index (Phi) is 5.06. The SMILES string of the molecule is COCC(NC(=O)C(C)C)C(=O)O. The van der Waals surface area contributed by atoms with Crippen LogP contribution in [0.5, 0.6) is 0 Å². The van der Waals surface area contributed by atoms with E-state index in [0.29, 0.717) is 0 Å². The lowest BCUT2D eigenvalue weighted by atomic mass is 10.2. The van der Waals surface area contributed by atoms with E-state index in [0.717, 1.165) is 0 Å². The number of aliphatic carboxylic acids is 1. The summed E-state index contributed by atoms with van der Waals surface area (Å²) in [4.78, 5) is 21.7. The zero-order valence-electron chi connectivity index (χ0n) is 8.03. The molecule has 5 nitrogen and oxygen atoms in total. The molecule has 76 valence electrons. The van der Waals surface area contributed by atoms with E-state index in [1.54, 1.807) is 13.8 Å². The van der Waals surface area contributed by atoms with Crippen LogP contribution in [0.4, 0.5) is 0 Å². The molecule has 5 heteroatoms. The van der Waals surface area contributed by atoms with Crippen molar-refractivity contribution in [2.75, 3.05) is 13.7 Å². The zero-order chi connectivity index (χ0) is 10.4.